The number of benzene rings is 1. The zero-order chi connectivity index (χ0) is 16.4. The molecule has 23 heavy (non-hydrogen) atoms. The third-order valence-electron chi connectivity index (χ3n) is 4.60. The summed E-state index contributed by atoms with van der Waals surface area (Å²) in [4.78, 5) is 26.0. The van der Waals surface area contributed by atoms with Crippen LogP contribution in [0.2, 0.25) is 5.02 Å². The molecule has 1 N–H and O–H groups in total. The van der Waals surface area contributed by atoms with Gasteiger partial charge in [0.1, 0.15) is 6.61 Å². The van der Waals surface area contributed by atoms with E-state index in [2.05, 4.69) is 5.32 Å². The number of carbonyl (C=O) groups is 2. The zero-order valence-corrected chi connectivity index (χ0v) is 13.9. The summed E-state index contributed by atoms with van der Waals surface area (Å²) in [5.74, 6) is 0.0523. The van der Waals surface area contributed by atoms with E-state index in [1.807, 2.05) is 29.2 Å². The predicted molar refractivity (Wildman–Crippen MR) is 87.2 cm³/mol. The molecule has 1 aliphatic carbocycles. The maximum atomic E-state index is 12.7. The van der Waals surface area contributed by atoms with Gasteiger partial charge in [-0.3, -0.25) is 9.59 Å². The number of ether oxygens (including phenoxy) is 1. The quantitative estimate of drug-likeness (QED) is 0.859. The summed E-state index contributed by atoms with van der Waals surface area (Å²) in [6.07, 6.45) is 2.52. The van der Waals surface area contributed by atoms with Crippen LogP contribution in [0.3, 0.4) is 0 Å². The number of nitrogens with zero attached hydrogens (tertiary/aromatic N) is 1. The fourth-order valence-corrected chi connectivity index (χ4v) is 3.30. The van der Waals surface area contributed by atoms with Gasteiger partial charge in [0.15, 0.2) is 0 Å². The zero-order valence-electron chi connectivity index (χ0n) is 13.2. The van der Waals surface area contributed by atoms with Crippen LogP contribution in [0.5, 0.6) is 0 Å². The Morgan fingerprint density at radius 3 is 2.65 bits per heavy atom. The Labute approximate surface area is 140 Å². The minimum atomic E-state index is -0.285. The minimum absolute atomic E-state index is 0.0395. The highest BCUT2D eigenvalue weighted by atomic mass is 35.5. The number of carbonyl (C=O) groups excluding carboxylic acids is 2. The Hall–Kier alpha value is -1.59. The van der Waals surface area contributed by atoms with Crippen molar-refractivity contribution in [3.05, 3.63) is 34.9 Å². The maximum absolute atomic E-state index is 12.7. The molecular weight excluding hydrogens is 316 g/mol. The van der Waals surface area contributed by atoms with Gasteiger partial charge in [-0.15, -0.1) is 0 Å². The van der Waals surface area contributed by atoms with Crippen LogP contribution in [0.25, 0.3) is 0 Å². The lowest BCUT2D eigenvalue weighted by atomic mass is 9.93. The van der Waals surface area contributed by atoms with E-state index in [0.29, 0.717) is 19.5 Å². The lowest BCUT2D eigenvalue weighted by Gasteiger charge is -2.41. The van der Waals surface area contributed by atoms with Gasteiger partial charge in [-0.2, -0.15) is 0 Å². The van der Waals surface area contributed by atoms with Crippen molar-refractivity contribution in [2.24, 2.45) is 5.41 Å². The topological polar surface area (TPSA) is 58.6 Å². The van der Waals surface area contributed by atoms with Crippen LogP contribution < -0.4 is 5.32 Å². The number of amides is 2. The minimum Gasteiger partial charge on any atom is -0.375 e. The van der Waals surface area contributed by atoms with Gasteiger partial charge in [-0.25, -0.2) is 0 Å². The smallest absolute Gasteiger partial charge is 0.246 e. The van der Waals surface area contributed by atoms with E-state index in [4.69, 9.17) is 16.3 Å². The van der Waals surface area contributed by atoms with E-state index in [1.54, 1.807) is 0 Å². The molecule has 124 valence electrons. The molecule has 0 aromatic heterocycles. The van der Waals surface area contributed by atoms with E-state index < -0.39 is 0 Å². The number of halogens is 1. The first-order valence-electron chi connectivity index (χ1n) is 7.85. The maximum Gasteiger partial charge on any atom is 0.246 e. The first-order valence-corrected chi connectivity index (χ1v) is 8.23. The number of hydrogen-bond acceptors (Lipinski definition) is 3. The molecule has 1 aromatic rings. The van der Waals surface area contributed by atoms with Crippen molar-refractivity contribution in [2.75, 3.05) is 26.8 Å². The molecule has 1 saturated heterocycles. The molecule has 0 atom stereocenters. The van der Waals surface area contributed by atoms with Crippen molar-refractivity contribution in [3.8, 4) is 0 Å². The molecule has 0 bridgehead atoms. The molecule has 2 amide bonds. The Bertz CT molecular complexity index is 610. The summed E-state index contributed by atoms with van der Waals surface area (Å²) < 4.78 is 4.78. The fraction of sp³-hybridized carbons (Fsp3) is 0.529. The van der Waals surface area contributed by atoms with Crippen molar-refractivity contribution < 1.29 is 14.3 Å². The molecule has 0 unspecified atom stereocenters. The van der Waals surface area contributed by atoms with Gasteiger partial charge in [0.25, 0.3) is 0 Å². The van der Waals surface area contributed by atoms with Crippen LogP contribution >= 0.6 is 11.6 Å². The lowest BCUT2D eigenvalue weighted by Crippen LogP contribution is -2.62. The lowest BCUT2D eigenvalue weighted by molar-refractivity contribution is -0.143. The second kappa shape index (κ2) is 6.49. The van der Waals surface area contributed by atoms with Crippen LogP contribution in [0.4, 0.5) is 0 Å². The van der Waals surface area contributed by atoms with E-state index in [1.165, 1.54) is 7.11 Å². The standard InChI is InChI=1S/C17H21ClN2O3/c1-23-11-15(21)19-13-9-20(10-13)16(22)17(6-7-17)8-12-4-2-3-5-14(12)18/h2-5,13H,6-11H2,1H3,(H,19,21). The molecule has 3 rings (SSSR count). The summed E-state index contributed by atoms with van der Waals surface area (Å²) in [6.45, 7) is 1.22. The van der Waals surface area contributed by atoms with Crippen LogP contribution in [0.15, 0.2) is 24.3 Å². The van der Waals surface area contributed by atoms with Crippen molar-refractivity contribution in [1.82, 2.24) is 10.2 Å². The Morgan fingerprint density at radius 1 is 1.35 bits per heavy atom. The molecule has 1 aromatic carbocycles. The average Bonchev–Trinajstić information content (AvgIpc) is 3.25. The van der Waals surface area contributed by atoms with Gasteiger partial charge in [0, 0.05) is 25.2 Å². The van der Waals surface area contributed by atoms with E-state index in [0.717, 1.165) is 23.4 Å². The Kier molecular flexibility index (Phi) is 4.60. The van der Waals surface area contributed by atoms with Gasteiger partial charge in [0.2, 0.25) is 11.8 Å². The van der Waals surface area contributed by atoms with Crippen LogP contribution in [0, 0.1) is 5.41 Å². The van der Waals surface area contributed by atoms with Crippen molar-refractivity contribution in [2.45, 2.75) is 25.3 Å². The highest BCUT2D eigenvalue weighted by molar-refractivity contribution is 6.31. The second-order valence-corrected chi connectivity index (χ2v) is 6.86. The molecule has 1 heterocycles. The Balaban J connectivity index is 1.53. The number of nitrogens with one attached hydrogen (secondary N) is 1. The van der Waals surface area contributed by atoms with Gasteiger partial charge in [0.05, 0.1) is 11.5 Å². The van der Waals surface area contributed by atoms with Crippen LogP contribution in [-0.2, 0) is 20.7 Å². The Morgan fingerprint density at radius 2 is 2.04 bits per heavy atom. The van der Waals surface area contributed by atoms with Crippen LogP contribution in [0.1, 0.15) is 18.4 Å². The van der Waals surface area contributed by atoms with E-state index in [-0.39, 0.29) is 29.9 Å². The molecule has 0 radical (unpaired) electrons. The SMILES string of the molecule is COCC(=O)NC1CN(C(=O)C2(Cc3ccccc3Cl)CC2)C1. The average molecular weight is 337 g/mol. The molecule has 5 nitrogen and oxygen atoms in total. The van der Waals surface area contributed by atoms with Crippen molar-refractivity contribution in [1.29, 1.82) is 0 Å². The van der Waals surface area contributed by atoms with Crippen LogP contribution in [-0.4, -0.2) is 49.6 Å². The summed E-state index contributed by atoms with van der Waals surface area (Å²) >= 11 is 6.22. The van der Waals surface area contributed by atoms with Gasteiger partial charge < -0.3 is 15.0 Å². The third-order valence-corrected chi connectivity index (χ3v) is 4.97. The molecule has 1 aliphatic heterocycles. The summed E-state index contributed by atoms with van der Waals surface area (Å²) in [5.41, 5.74) is 0.748. The van der Waals surface area contributed by atoms with E-state index >= 15 is 0 Å². The number of hydrogen-bond donors (Lipinski definition) is 1. The fourth-order valence-electron chi connectivity index (χ4n) is 3.10. The summed E-state index contributed by atoms with van der Waals surface area (Å²) in [7, 11) is 1.49. The molecule has 6 heteroatoms. The third kappa shape index (κ3) is 3.51. The first-order chi connectivity index (χ1) is 11.0. The van der Waals surface area contributed by atoms with Crippen molar-refractivity contribution >= 4 is 23.4 Å². The van der Waals surface area contributed by atoms with Crippen molar-refractivity contribution in [3.63, 3.8) is 0 Å². The highest BCUT2D eigenvalue weighted by Crippen LogP contribution is 2.51. The number of methoxy groups -OCH3 is 1. The number of likely N-dealkylation sites (tertiary alicyclic amines) is 1. The predicted octanol–water partition coefficient (Wildman–Crippen LogP) is 1.64. The molecule has 1 saturated carbocycles. The molecule has 0 spiro atoms. The van der Waals surface area contributed by atoms with Gasteiger partial charge in [-0.1, -0.05) is 29.8 Å². The number of rotatable bonds is 6. The molecule has 2 aliphatic rings. The second-order valence-electron chi connectivity index (χ2n) is 6.46. The summed E-state index contributed by atoms with van der Waals surface area (Å²) in [6, 6.07) is 7.74. The first kappa shape index (κ1) is 16.3. The highest BCUT2D eigenvalue weighted by Gasteiger charge is 2.53. The summed E-state index contributed by atoms with van der Waals surface area (Å²) in [5, 5.41) is 3.58. The molecule has 2 fully saturated rings. The van der Waals surface area contributed by atoms with E-state index in [9.17, 15) is 9.59 Å². The normalized spacial score (nSPS) is 19.1. The largest absolute Gasteiger partial charge is 0.375 e. The van der Waals surface area contributed by atoms with Gasteiger partial charge >= 0.3 is 0 Å². The molecular formula is C17H21ClN2O3. The van der Waals surface area contributed by atoms with Gasteiger partial charge in [-0.05, 0) is 30.9 Å². The monoisotopic (exact) mass is 336 g/mol.